The fourth-order valence-electron chi connectivity index (χ4n) is 1.80. The Kier molecular flexibility index (Phi) is 3.41. The first-order chi connectivity index (χ1) is 9.01. The number of aromatic nitrogens is 2. The van der Waals surface area contributed by atoms with E-state index in [-0.39, 0.29) is 11.2 Å². The van der Waals surface area contributed by atoms with Gasteiger partial charge in [0.25, 0.3) is 11.2 Å². The van der Waals surface area contributed by atoms with Gasteiger partial charge in [0.2, 0.25) is 0 Å². The number of nitro benzene ring substituents is 1. The molecule has 0 bridgehead atoms. The van der Waals surface area contributed by atoms with Gasteiger partial charge in [-0.3, -0.25) is 14.9 Å². The van der Waals surface area contributed by atoms with Gasteiger partial charge in [0.05, 0.1) is 4.92 Å². The van der Waals surface area contributed by atoms with Crippen molar-refractivity contribution in [3.05, 3.63) is 56.0 Å². The zero-order valence-corrected chi connectivity index (χ0v) is 10.6. The van der Waals surface area contributed by atoms with Crippen molar-refractivity contribution >= 4 is 5.69 Å². The van der Waals surface area contributed by atoms with Gasteiger partial charge in [-0.2, -0.15) is 0 Å². The van der Waals surface area contributed by atoms with Crippen LogP contribution >= 0.6 is 0 Å². The van der Waals surface area contributed by atoms with E-state index in [0.29, 0.717) is 23.5 Å². The van der Waals surface area contributed by atoms with Gasteiger partial charge >= 0.3 is 0 Å². The van der Waals surface area contributed by atoms with Crippen LogP contribution < -0.4 is 5.56 Å². The Morgan fingerprint density at radius 2 is 2.11 bits per heavy atom. The van der Waals surface area contributed by atoms with E-state index in [4.69, 9.17) is 0 Å². The molecule has 0 radical (unpaired) electrons. The third-order valence-corrected chi connectivity index (χ3v) is 2.84. The number of H-pyrrole nitrogens is 1. The molecule has 0 atom stereocenters. The van der Waals surface area contributed by atoms with E-state index in [1.54, 1.807) is 6.07 Å². The van der Waals surface area contributed by atoms with Gasteiger partial charge in [0.1, 0.15) is 5.82 Å². The summed E-state index contributed by atoms with van der Waals surface area (Å²) in [7, 11) is 0. The highest BCUT2D eigenvalue weighted by atomic mass is 16.6. The van der Waals surface area contributed by atoms with Crippen LogP contribution in [0.5, 0.6) is 0 Å². The van der Waals surface area contributed by atoms with Crippen LogP contribution in [0.4, 0.5) is 5.69 Å². The highest BCUT2D eigenvalue weighted by Gasteiger charge is 2.12. The van der Waals surface area contributed by atoms with E-state index < -0.39 is 4.92 Å². The lowest BCUT2D eigenvalue weighted by molar-refractivity contribution is -0.384. The van der Waals surface area contributed by atoms with Crippen molar-refractivity contribution in [3.63, 3.8) is 0 Å². The van der Waals surface area contributed by atoms with Crippen molar-refractivity contribution < 1.29 is 4.92 Å². The fourth-order valence-corrected chi connectivity index (χ4v) is 1.80. The van der Waals surface area contributed by atoms with Crippen molar-refractivity contribution in [1.29, 1.82) is 0 Å². The first-order valence-corrected chi connectivity index (χ1v) is 5.87. The highest BCUT2D eigenvalue weighted by Crippen LogP contribution is 2.24. The lowest BCUT2D eigenvalue weighted by atomic mass is 10.1. The van der Waals surface area contributed by atoms with Gasteiger partial charge < -0.3 is 4.98 Å². The predicted molar refractivity (Wildman–Crippen MR) is 71.1 cm³/mol. The standard InChI is InChI=1S/C13H13N3O3/c1-3-9-6-12(17)15-13(14-9)11-7-10(16(18)19)5-4-8(11)2/h4-7H,3H2,1-2H3,(H,14,15,17). The van der Waals surface area contributed by atoms with Gasteiger partial charge in [0, 0.05) is 29.5 Å². The van der Waals surface area contributed by atoms with Gasteiger partial charge in [-0.25, -0.2) is 4.98 Å². The van der Waals surface area contributed by atoms with Crippen LogP contribution in [-0.4, -0.2) is 14.9 Å². The molecule has 2 aromatic rings. The van der Waals surface area contributed by atoms with Crippen LogP contribution in [0.2, 0.25) is 0 Å². The van der Waals surface area contributed by atoms with Crippen LogP contribution in [0, 0.1) is 17.0 Å². The summed E-state index contributed by atoms with van der Waals surface area (Å²) in [6.07, 6.45) is 0.630. The minimum absolute atomic E-state index is 0.0230. The summed E-state index contributed by atoms with van der Waals surface area (Å²) in [5, 5.41) is 10.8. The molecule has 98 valence electrons. The van der Waals surface area contributed by atoms with Gasteiger partial charge in [-0.05, 0) is 18.9 Å². The van der Waals surface area contributed by atoms with Crippen LogP contribution in [0.25, 0.3) is 11.4 Å². The number of nitrogens with zero attached hydrogens (tertiary/aromatic N) is 2. The summed E-state index contributed by atoms with van der Waals surface area (Å²) >= 11 is 0. The second-order valence-corrected chi connectivity index (χ2v) is 4.20. The number of nitro groups is 1. The smallest absolute Gasteiger partial charge is 0.270 e. The summed E-state index contributed by atoms with van der Waals surface area (Å²) in [5.74, 6) is 0.366. The summed E-state index contributed by atoms with van der Waals surface area (Å²) in [4.78, 5) is 28.8. The summed E-state index contributed by atoms with van der Waals surface area (Å²) < 4.78 is 0. The number of aromatic amines is 1. The Bertz CT molecular complexity index is 692. The number of hydrogen-bond acceptors (Lipinski definition) is 4. The first kappa shape index (κ1) is 12.9. The molecule has 0 aliphatic heterocycles. The summed E-state index contributed by atoms with van der Waals surface area (Å²) in [6.45, 7) is 3.71. The molecule has 6 heteroatoms. The molecule has 1 aromatic carbocycles. The van der Waals surface area contributed by atoms with Crippen molar-refractivity contribution in [2.75, 3.05) is 0 Å². The normalized spacial score (nSPS) is 10.4. The largest absolute Gasteiger partial charge is 0.307 e. The second-order valence-electron chi connectivity index (χ2n) is 4.20. The number of benzene rings is 1. The van der Waals surface area contributed by atoms with Crippen LogP contribution in [0.1, 0.15) is 18.2 Å². The van der Waals surface area contributed by atoms with Crippen molar-refractivity contribution in [1.82, 2.24) is 9.97 Å². The first-order valence-electron chi connectivity index (χ1n) is 5.87. The Balaban J connectivity index is 2.63. The van der Waals surface area contributed by atoms with E-state index in [1.165, 1.54) is 18.2 Å². The van der Waals surface area contributed by atoms with Gasteiger partial charge in [-0.15, -0.1) is 0 Å². The fraction of sp³-hybridized carbons (Fsp3) is 0.231. The molecule has 1 heterocycles. The maximum atomic E-state index is 11.5. The number of rotatable bonds is 3. The molecule has 0 fully saturated rings. The Labute approximate surface area is 109 Å². The molecule has 6 nitrogen and oxygen atoms in total. The maximum absolute atomic E-state index is 11.5. The Morgan fingerprint density at radius 3 is 2.74 bits per heavy atom. The zero-order valence-electron chi connectivity index (χ0n) is 10.6. The molecule has 0 saturated heterocycles. The number of non-ortho nitro benzene ring substituents is 1. The van der Waals surface area contributed by atoms with Crippen molar-refractivity contribution in [3.8, 4) is 11.4 Å². The van der Waals surface area contributed by atoms with E-state index in [2.05, 4.69) is 9.97 Å². The number of nitrogens with one attached hydrogen (secondary N) is 1. The van der Waals surface area contributed by atoms with Crippen molar-refractivity contribution in [2.45, 2.75) is 20.3 Å². The number of aryl methyl sites for hydroxylation is 2. The summed E-state index contributed by atoms with van der Waals surface area (Å²) in [6, 6.07) is 5.93. The average Bonchev–Trinajstić information content (AvgIpc) is 2.38. The molecule has 0 saturated carbocycles. The Hall–Kier alpha value is -2.50. The molecule has 0 spiro atoms. The van der Waals surface area contributed by atoms with E-state index in [0.717, 1.165) is 5.56 Å². The van der Waals surface area contributed by atoms with E-state index in [9.17, 15) is 14.9 Å². The molecule has 1 aromatic heterocycles. The van der Waals surface area contributed by atoms with Crippen molar-refractivity contribution in [2.24, 2.45) is 0 Å². The molecular weight excluding hydrogens is 246 g/mol. The predicted octanol–water partition coefficient (Wildman–Crippen LogP) is 2.22. The third kappa shape index (κ3) is 2.67. The Morgan fingerprint density at radius 1 is 1.37 bits per heavy atom. The van der Waals surface area contributed by atoms with E-state index >= 15 is 0 Å². The van der Waals surface area contributed by atoms with E-state index in [1.807, 2.05) is 13.8 Å². The molecule has 0 aliphatic rings. The molecule has 1 N–H and O–H groups in total. The molecule has 0 unspecified atom stereocenters. The molecular formula is C13H13N3O3. The SMILES string of the molecule is CCc1cc(=O)[nH]c(-c2cc([N+](=O)[O-])ccc2C)n1. The van der Waals surface area contributed by atoms with Crippen LogP contribution in [0.15, 0.2) is 29.1 Å². The van der Waals surface area contributed by atoms with Gasteiger partial charge in [0.15, 0.2) is 0 Å². The minimum Gasteiger partial charge on any atom is -0.307 e. The topological polar surface area (TPSA) is 88.9 Å². The van der Waals surface area contributed by atoms with Crippen LogP contribution in [0.3, 0.4) is 0 Å². The summed E-state index contributed by atoms with van der Waals surface area (Å²) in [5.41, 5.74) is 1.77. The second kappa shape index (κ2) is 5.01. The molecule has 19 heavy (non-hydrogen) atoms. The van der Waals surface area contributed by atoms with Gasteiger partial charge in [-0.1, -0.05) is 13.0 Å². The molecule has 0 amide bonds. The number of hydrogen-bond donors (Lipinski definition) is 1. The molecule has 2 rings (SSSR count). The quantitative estimate of drug-likeness (QED) is 0.676. The zero-order chi connectivity index (χ0) is 14.0. The lowest BCUT2D eigenvalue weighted by Crippen LogP contribution is -2.10. The lowest BCUT2D eigenvalue weighted by Gasteiger charge is -2.06. The maximum Gasteiger partial charge on any atom is 0.270 e. The average molecular weight is 259 g/mol. The highest BCUT2D eigenvalue weighted by molar-refractivity contribution is 5.63. The third-order valence-electron chi connectivity index (χ3n) is 2.84. The minimum atomic E-state index is -0.468. The molecule has 0 aliphatic carbocycles. The monoisotopic (exact) mass is 259 g/mol. The van der Waals surface area contributed by atoms with Crippen LogP contribution in [-0.2, 0) is 6.42 Å².